The topological polar surface area (TPSA) is 35.5 Å². The molecule has 1 aromatic carbocycles. The van der Waals surface area contributed by atoms with Gasteiger partial charge in [-0.3, -0.25) is 4.79 Å². The third-order valence-corrected chi connectivity index (χ3v) is 8.17. The third kappa shape index (κ3) is 5.38. The number of carbonyl (C=O) groups is 1. The van der Waals surface area contributed by atoms with Gasteiger partial charge in [-0.15, -0.1) is 6.58 Å². The van der Waals surface area contributed by atoms with Gasteiger partial charge in [-0.1, -0.05) is 39.0 Å². The number of benzene rings is 1. The highest BCUT2D eigenvalue weighted by Crippen LogP contribution is 2.37. The molecule has 0 aromatic heterocycles. The highest BCUT2D eigenvalue weighted by Gasteiger charge is 2.38. The van der Waals surface area contributed by atoms with Gasteiger partial charge < -0.3 is 9.16 Å². The molecule has 0 radical (unpaired) electrons. The molecule has 0 saturated carbocycles. The highest BCUT2D eigenvalue weighted by molar-refractivity contribution is 6.74. The summed E-state index contributed by atoms with van der Waals surface area (Å²) < 4.78 is 11.3. The fraction of sp³-hybridized carbons (Fsp3) is 0.471. The van der Waals surface area contributed by atoms with Crippen LogP contribution in [0.1, 0.15) is 32.8 Å². The van der Waals surface area contributed by atoms with Gasteiger partial charge in [0.2, 0.25) is 8.32 Å². The van der Waals surface area contributed by atoms with Gasteiger partial charge in [-0.05, 0) is 35.8 Å². The second-order valence-electron chi connectivity index (χ2n) is 6.66. The van der Waals surface area contributed by atoms with Crippen LogP contribution in [0.2, 0.25) is 18.1 Å². The zero-order valence-corrected chi connectivity index (χ0v) is 14.7. The minimum atomic E-state index is -1.81. The summed E-state index contributed by atoms with van der Waals surface area (Å²) in [4.78, 5) is 11.3. The molecule has 0 aliphatic carbocycles. The number of carbonyl (C=O) groups excluding carboxylic acids is 1. The Hall–Kier alpha value is -1.55. The van der Waals surface area contributed by atoms with E-state index in [4.69, 9.17) is 9.16 Å². The van der Waals surface area contributed by atoms with E-state index in [1.807, 2.05) is 24.3 Å². The summed E-state index contributed by atoms with van der Waals surface area (Å²) in [6.07, 6.45) is 1.78. The van der Waals surface area contributed by atoms with E-state index in [1.165, 1.54) is 0 Å². The summed E-state index contributed by atoms with van der Waals surface area (Å²) in [5, 5.41) is 0.173. The Morgan fingerprint density at radius 1 is 1.24 bits per heavy atom. The van der Waals surface area contributed by atoms with E-state index in [9.17, 15) is 4.79 Å². The quantitative estimate of drug-likeness (QED) is 0.434. The maximum absolute atomic E-state index is 11.3. The molecule has 0 amide bonds. The number of ether oxygens (including phenoxy) is 1. The largest absolute Gasteiger partial charge is 0.544 e. The summed E-state index contributed by atoms with van der Waals surface area (Å²) in [5.41, 5.74) is 0.954. The minimum Gasteiger partial charge on any atom is -0.544 e. The van der Waals surface area contributed by atoms with Crippen molar-refractivity contribution >= 4 is 14.3 Å². The molecule has 0 aliphatic rings. The monoisotopic (exact) mass is 306 g/mol. The van der Waals surface area contributed by atoms with Crippen molar-refractivity contribution in [3.63, 3.8) is 0 Å². The highest BCUT2D eigenvalue weighted by atomic mass is 28.4. The number of esters is 1. The standard InChI is InChI=1S/C17H26O3Si/c1-7-8-16(18)19-13-14-9-11-15(12-10-14)20-21(5,6)17(2,3)4/h7,9-12H,1,8,13H2,2-6H3. The van der Waals surface area contributed by atoms with Crippen LogP contribution in [0.5, 0.6) is 5.75 Å². The van der Waals surface area contributed by atoms with Crippen LogP contribution in [0.4, 0.5) is 0 Å². The van der Waals surface area contributed by atoms with Gasteiger partial charge in [0.15, 0.2) is 0 Å². The first-order valence-electron chi connectivity index (χ1n) is 7.20. The first kappa shape index (κ1) is 17.5. The molecular weight excluding hydrogens is 280 g/mol. The first-order chi connectivity index (χ1) is 9.65. The van der Waals surface area contributed by atoms with Crippen molar-refractivity contribution in [1.29, 1.82) is 0 Å². The zero-order valence-electron chi connectivity index (χ0n) is 13.7. The third-order valence-electron chi connectivity index (χ3n) is 3.81. The molecule has 0 bridgehead atoms. The molecule has 3 nitrogen and oxygen atoms in total. The molecule has 0 aliphatic heterocycles. The maximum Gasteiger partial charge on any atom is 0.309 e. The summed E-state index contributed by atoms with van der Waals surface area (Å²) in [6.45, 7) is 14.9. The fourth-order valence-electron chi connectivity index (χ4n) is 1.44. The Morgan fingerprint density at radius 2 is 1.81 bits per heavy atom. The molecule has 0 N–H and O–H groups in total. The molecule has 0 fully saturated rings. The Morgan fingerprint density at radius 3 is 2.29 bits per heavy atom. The lowest BCUT2D eigenvalue weighted by Gasteiger charge is -2.36. The van der Waals surface area contributed by atoms with Crippen molar-refractivity contribution in [2.24, 2.45) is 0 Å². The van der Waals surface area contributed by atoms with Crippen molar-refractivity contribution in [2.45, 2.75) is 51.9 Å². The maximum atomic E-state index is 11.3. The molecule has 0 saturated heterocycles. The summed E-state index contributed by atoms with van der Waals surface area (Å²) in [5.74, 6) is 0.620. The molecule has 21 heavy (non-hydrogen) atoms. The lowest BCUT2D eigenvalue weighted by atomic mass is 10.2. The molecule has 1 aromatic rings. The summed E-state index contributed by atoms with van der Waals surface area (Å²) in [7, 11) is -1.81. The van der Waals surface area contributed by atoms with Crippen LogP contribution in [-0.4, -0.2) is 14.3 Å². The van der Waals surface area contributed by atoms with Crippen molar-refractivity contribution in [3.05, 3.63) is 42.5 Å². The predicted octanol–water partition coefficient (Wildman–Crippen LogP) is 4.69. The van der Waals surface area contributed by atoms with Gasteiger partial charge in [0, 0.05) is 0 Å². The van der Waals surface area contributed by atoms with Gasteiger partial charge >= 0.3 is 5.97 Å². The van der Waals surface area contributed by atoms with E-state index < -0.39 is 8.32 Å². The molecule has 0 heterocycles. The number of rotatable bonds is 6. The van der Waals surface area contributed by atoms with Gasteiger partial charge in [-0.25, -0.2) is 0 Å². The average Bonchev–Trinajstić information content (AvgIpc) is 2.36. The van der Waals surface area contributed by atoms with Crippen LogP contribution in [0.15, 0.2) is 36.9 Å². The van der Waals surface area contributed by atoms with E-state index in [0.717, 1.165) is 11.3 Å². The van der Waals surface area contributed by atoms with Crippen LogP contribution in [0.25, 0.3) is 0 Å². The molecule has 0 atom stereocenters. The Labute approximate surface area is 129 Å². The van der Waals surface area contributed by atoms with E-state index in [-0.39, 0.29) is 24.0 Å². The van der Waals surface area contributed by atoms with Crippen molar-refractivity contribution in [3.8, 4) is 5.75 Å². The fourth-order valence-corrected chi connectivity index (χ4v) is 2.47. The molecule has 0 spiro atoms. The second-order valence-corrected chi connectivity index (χ2v) is 11.4. The van der Waals surface area contributed by atoms with Crippen LogP contribution in [-0.2, 0) is 16.1 Å². The van der Waals surface area contributed by atoms with Gasteiger partial charge in [-0.2, -0.15) is 0 Å². The van der Waals surface area contributed by atoms with Crippen LogP contribution >= 0.6 is 0 Å². The molecule has 4 heteroatoms. The van der Waals surface area contributed by atoms with Crippen molar-refractivity contribution < 1.29 is 14.0 Å². The smallest absolute Gasteiger partial charge is 0.309 e. The van der Waals surface area contributed by atoms with E-state index in [0.29, 0.717) is 0 Å². The lowest BCUT2D eigenvalue weighted by Crippen LogP contribution is -2.43. The molecule has 116 valence electrons. The van der Waals surface area contributed by atoms with Crippen LogP contribution < -0.4 is 4.43 Å². The normalized spacial score (nSPS) is 11.9. The minimum absolute atomic E-state index is 0.173. The summed E-state index contributed by atoms with van der Waals surface area (Å²) >= 11 is 0. The first-order valence-corrected chi connectivity index (χ1v) is 10.1. The summed E-state index contributed by atoms with van der Waals surface area (Å²) in [6, 6.07) is 7.75. The van der Waals surface area contributed by atoms with E-state index in [2.05, 4.69) is 40.4 Å². The SMILES string of the molecule is C=CCC(=O)OCc1ccc(O[Si](C)(C)C(C)(C)C)cc1. The molecule has 1 rings (SSSR count). The average molecular weight is 306 g/mol. The lowest BCUT2D eigenvalue weighted by molar-refractivity contribution is -0.143. The second kappa shape index (κ2) is 6.94. The Kier molecular flexibility index (Phi) is 5.78. The number of hydrogen-bond donors (Lipinski definition) is 0. The zero-order chi connectivity index (χ0) is 16.1. The van der Waals surface area contributed by atoms with Crippen molar-refractivity contribution in [1.82, 2.24) is 0 Å². The number of hydrogen-bond acceptors (Lipinski definition) is 3. The predicted molar refractivity (Wildman–Crippen MR) is 88.9 cm³/mol. The van der Waals surface area contributed by atoms with E-state index >= 15 is 0 Å². The van der Waals surface area contributed by atoms with Gasteiger partial charge in [0.05, 0.1) is 6.42 Å². The van der Waals surface area contributed by atoms with E-state index in [1.54, 1.807) is 6.08 Å². The Balaban J connectivity index is 2.62. The van der Waals surface area contributed by atoms with Crippen LogP contribution in [0, 0.1) is 0 Å². The van der Waals surface area contributed by atoms with Crippen LogP contribution in [0.3, 0.4) is 0 Å². The molecule has 0 unspecified atom stereocenters. The van der Waals surface area contributed by atoms with Gasteiger partial charge in [0.1, 0.15) is 12.4 Å². The van der Waals surface area contributed by atoms with Gasteiger partial charge in [0.25, 0.3) is 0 Å². The molecular formula is C17H26O3Si. The van der Waals surface area contributed by atoms with Crippen molar-refractivity contribution in [2.75, 3.05) is 0 Å². The Bertz CT molecular complexity index is 484.